The molecule has 0 atom stereocenters. The van der Waals surface area contributed by atoms with E-state index < -0.39 is 0 Å². The van der Waals surface area contributed by atoms with E-state index in [4.69, 9.17) is 0 Å². The lowest BCUT2D eigenvalue weighted by Crippen LogP contribution is -2.13. The Morgan fingerprint density at radius 2 is 1.28 bits per heavy atom. The number of H-pyrrole nitrogens is 2. The summed E-state index contributed by atoms with van der Waals surface area (Å²) in [6, 6.07) is 0. The molecule has 0 spiro atoms. The molecule has 0 aromatic carbocycles. The van der Waals surface area contributed by atoms with Gasteiger partial charge in [0, 0.05) is 43.1 Å². The van der Waals surface area contributed by atoms with Crippen LogP contribution in [0.15, 0.2) is 9.98 Å². The number of nitrogens with zero attached hydrogens (tertiary/aromatic N) is 4. The van der Waals surface area contributed by atoms with Crippen LogP contribution in [0.3, 0.4) is 0 Å². The number of aliphatic imine (C=N–C) groups is 2. The zero-order valence-electron chi connectivity index (χ0n) is 16.3. The molecular formula is C19H30N6. The minimum atomic E-state index is -0.125. The monoisotopic (exact) mass is 342 g/mol. The average molecular weight is 342 g/mol. The first-order chi connectivity index (χ1) is 11.9. The number of imidazole rings is 2. The maximum atomic E-state index is 4.59. The number of rotatable bonds is 5. The molecule has 0 saturated heterocycles. The second kappa shape index (κ2) is 8.23. The molecule has 2 aromatic heterocycles. The predicted octanol–water partition coefficient (Wildman–Crippen LogP) is 3.73. The van der Waals surface area contributed by atoms with Crippen LogP contribution in [0.5, 0.6) is 0 Å². The zero-order chi connectivity index (χ0) is 18.4. The van der Waals surface area contributed by atoms with Gasteiger partial charge in [0.25, 0.3) is 0 Å². The van der Waals surface area contributed by atoms with Gasteiger partial charge in [0.1, 0.15) is 17.3 Å². The first kappa shape index (κ1) is 19.1. The summed E-state index contributed by atoms with van der Waals surface area (Å²) in [7, 11) is 0. The quantitative estimate of drug-likeness (QED) is 0.868. The van der Waals surface area contributed by atoms with Crippen LogP contribution in [0.4, 0.5) is 0 Å². The topological polar surface area (TPSA) is 82.1 Å². The number of aryl methyl sites for hydroxylation is 4. The molecule has 136 valence electrons. The molecule has 0 bridgehead atoms. The van der Waals surface area contributed by atoms with Crippen molar-refractivity contribution in [1.29, 1.82) is 0 Å². The van der Waals surface area contributed by atoms with Crippen molar-refractivity contribution in [1.82, 2.24) is 19.9 Å². The number of hydrogen-bond acceptors (Lipinski definition) is 4. The smallest absolute Gasteiger partial charge is 0.147 e. The number of hydrogen-bond donors (Lipinski definition) is 2. The van der Waals surface area contributed by atoms with Gasteiger partial charge in [-0.2, -0.15) is 0 Å². The molecular weight excluding hydrogens is 312 g/mol. The molecule has 1 aliphatic rings. The SMILES string of the molecule is CCC1(C)N=CC=N1.CCc1nc(Cc2nc(CC)[nH]c2C)c(C)[nH]1. The lowest BCUT2D eigenvalue weighted by molar-refractivity contribution is 0.492. The summed E-state index contributed by atoms with van der Waals surface area (Å²) in [5.74, 6) is 2.11. The van der Waals surface area contributed by atoms with Crippen molar-refractivity contribution < 1.29 is 0 Å². The van der Waals surface area contributed by atoms with Crippen LogP contribution >= 0.6 is 0 Å². The second-order valence-corrected chi connectivity index (χ2v) is 6.52. The fourth-order valence-electron chi connectivity index (χ4n) is 2.57. The van der Waals surface area contributed by atoms with Crippen molar-refractivity contribution in [2.24, 2.45) is 9.98 Å². The summed E-state index contributed by atoms with van der Waals surface area (Å²) in [4.78, 5) is 24.1. The van der Waals surface area contributed by atoms with Crippen molar-refractivity contribution in [2.75, 3.05) is 0 Å². The van der Waals surface area contributed by atoms with Crippen LogP contribution in [-0.2, 0) is 19.3 Å². The Balaban J connectivity index is 0.000000236. The fraction of sp³-hybridized carbons (Fsp3) is 0.579. The van der Waals surface area contributed by atoms with Gasteiger partial charge < -0.3 is 9.97 Å². The summed E-state index contributed by atoms with van der Waals surface area (Å²) < 4.78 is 0. The van der Waals surface area contributed by atoms with Crippen LogP contribution < -0.4 is 0 Å². The van der Waals surface area contributed by atoms with Crippen LogP contribution in [0, 0.1) is 13.8 Å². The summed E-state index contributed by atoms with van der Waals surface area (Å²) in [6.07, 6.45) is 7.19. The van der Waals surface area contributed by atoms with E-state index in [0.717, 1.165) is 60.1 Å². The van der Waals surface area contributed by atoms with E-state index in [1.54, 1.807) is 12.4 Å². The lowest BCUT2D eigenvalue weighted by atomic mass is 10.2. The van der Waals surface area contributed by atoms with Gasteiger partial charge in [0.05, 0.1) is 11.4 Å². The van der Waals surface area contributed by atoms with E-state index in [1.165, 1.54) is 0 Å². The van der Waals surface area contributed by atoms with Gasteiger partial charge in [-0.3, -0.25) is 9.98 Å². The van der Waals surface area contributed by atoms with E-state index in [-0.39, 0.29) is 5.66 Å². The van der Waals surface area contributed by atoms with Gasteiger partial charge in [-0.25, -0.2) is 9.97 Å². The molecule has 0 saturated carbocycles. The highest BCUT2D eigenvalue weighted by Crippen LogP contribution is 2.17. The molecule has 2 N–H and O–H groups in total. The molecule has 1 aliphatic heterocycles. The van der Waals surface area contributed by atoms with Gasteiger partial charge in [0.2, 0.25) is 0 Å². The minimum absolute atomic E-state index is 0.125. The molecule has 25 heavy (non-hydrogen) atoms. The Hall–Kier alpha value is -2.24. The van der Waals surface area contributed by atoms with Crippen molar-refractivity contribution in [3.05, 3.63) is 34.4 Å². The highest BCUT2D eigenvalue weighted by molar-refractivity contribution is 6.17. The van der Waals surface area contributed by atoms with Crippen LogP contribution in [0.25, 0.3) is 0 Å². The summed E-state index contributed by atoms with van der Waals surface area (Å²) in [5.41, 5.74) is 4.41. The van der Waals surface area contributed by atoms with E-state index >= 15 is 0 Å². The van der Waals surface area contributed by atoms with E-state index in [2.05, 4.69) is 64.5 Å². The molecule has 0 amide bonds. The molecule has 2 aromatic rings. The van der Waals surface area contributed by atoms with Gasteiger partial charge in [-0.1, -0.05) is 20.8 Å². The Morgan fingerprint density at radius 3 is 1.56 bits per heavy atom. The molecule has 0 aliphatic carbocycles. The van der Waals surface area contributed by atoms with Crippen molar-refractivity contribution in [3.8, 4) is 0 Å². The largest absolute Gasteiger partial charge is 0.346 e. The highest BCUT2D eigenvalue weighted by Gasteiger charge is 2.18. The standard InChI is InChI=1S/C13H20N4.C6H10N2/c1-5-12-14-8(3)10(16-12)7-11-9(4)15-13(6-2)17-11;1-3-6(2)7-4-5-8-6/h5-7H2,1-4H3,(H,14,16)(H,15,17);4-5H,3H2,1-2H3. The summed E-state index contributed by atoms with van der Waals surface area (Å²) >= 11 is 0. The molecule has 6 nitrogen and oxygen atoms in total. The van der Waals surface area contributed by atoms with Crippen molar-refractivity contribution in [3.63, 3.8) is 0 Å². The minimum Gasteiger partial charge on any atom is -0.346 e. The Bertz CT molecular complexity index is 692. The van der Waals surface area contributed by atoms with Crippen LogP contribution in [0.1, 0.15) is 68.5 Å². The van der Waals surface area contributed by atoms with Crippen LogP contribution in [-0.4, -0.2) is 38.0 Å². The number of aromatic nitrogens is 4. The van der Waals surface area contributed by atoms with E-state index in [1.807, 2.05) is 6.92 Å². The number of nitrogens with one attached hydrogen (secondary N) is 2. The van der Waals surface area contributed by atoms with Crippen LogP contribution in [0.2, 0.25) is 0 Å². The summed E-state index contributed by atoms with van der Waals surface area (Å²) in [6.45, 7) is 12.5. The molecule has 3 rings (SSSR count). The zero-order valence-corrected chi connectivity index (χ0v) is 16.3. The normalized spacial score (nSPS) is 14.6. The molecule has 0 radical (unpaired) electrons. The van der Waals surface area contributed by atoms with Gasteiger partial charge in [-0.05, 0) is 27.2 Å². The fourth-order valence-corrected chi connectivity index (χ4v) is 2.57. The second-order valence-electron chi connectivity index (χ2n) is 6.52. The molecule has 3 heterocycles. The number of aromatic amines is 2. The van der Waals surface area contributed by atoms with E-state index in [0.29, 0.717) is 0 Å². The predicted molar refractivity (Wildman–Crippen MR) is 104 cm³/mol. The highest BCUT2D eigenvalue weighted by atomic mass is 15.1. The first-order valence-electron chi connectivity index (χ1n) is 9.08. The van der Waals surface area contributed by atoms with Gasteiger partial charge in [0.15, 0.2) is 0 Å². The van der Waals surface area contributed by atoms with Crippen molar-refractivity contribution >= 4 is 12.4 Å². The Labute approximate surface area is 150 Å². The first-order valence-corrected chi connectivity index (χ1v) is 9.08. The average Bonchev–Trinajstić information content (AvgIpc) is 3.29. The third kappa shape index (κ3) is 4.87. The molecule has 0 unspecified atom stereocenters. The van der Waals surface area contributed by atoms with Gasteiger partial charge >= 0.3 is 0 Å². The van der Waals surface area contributed by atoms with E-state index in [9.17, 15) is 0 Å². The van der Waals surface area contributed by atoms with Crippen molar-refractivity contribution in [2.45, 2.75) is 72.9 Å². The third-order valence-electron chi connectivity index (χ3n) is 4.52. The third-order valence-corrected chi connectivity index (χ3v) is 4.52. The lowest BCUT2D eigenvalue weighted by Gasteiger charge is -2.12. The summed E-state index contributed by atoms with van der Waals surface area (Å²) in [5, 5.41) is 0. The molecule has 0 fully saturated rings. The maximum absolute atomic E-state index is 4.59. The maximum Gasteiger partial charge on any atom is 0.147 e. The Kier molecular flexibility index (Phi) is 6.28. The van der Waals surface area contributed by atoms with Gasteiger partial charge in [-0.15, -0.1) is 0 Å². The molecule has 6 heteroatoms. The Morgan fingerprint density at radius 1 is 0.840 bits per heavy atom.